The zero-order valence-corrected chi connectivity index (χ0v) is 14.3. The van der Waals surface area contributed by atoms with Gasteiger partial charge in [0, 0.05) is 17.3 Å². The van der Waals surface area contributed by atoms with Gasteiger partial charge in [0.1, 0.15) is 0 Å². The second-order valence-electron chi connectivity index (χ2n) is 6.29. The van der Waals surface area contributed by atoms with E-state index >= 15 is 0 Å². The first-order chi connectivity index (χ1) is 9.99. The number of rotatable bonds is 4. The molecular formula is C16H23NO2S2. The van der Waals surface area contributed by atoms with Gasteiger partial charge in [-0.1, -0.05) is 29.8 Å². The summed E-state index contributed by atoms with van der Waals surface area (Å²) in [6, 6.07) is 8.31. The van der Waals surface area contributed by atoms with Crippen molar-refractivity contribution in [1.82, 2.24) is 4.31 Å². The molecule has 0 aliphatic carbocycles. The summed E-state index contributed by atoms with van der Waals surface area (Å²) in [6.07, 6.45) is 6.25. The second-order valence-corrected chi connectivity index (χ2v) is 9.30. The van der Waals surface area contributed by atoms with Crippen molar-refractivity contribution in [3.05, 3.63) is 35.4 Å². The van der Waals surface area contributed by atoms with Crippen molar-refractivity contribution in [2.75, 3.05) is 6.26 Å². The van der Waals surface area contributed by atoms with Gasteiger partial charge in [0.25, 0.3) is 0 Å². The average Bonchev–Trinajstić information content (AvgIpc) is 2.71. The third kappa shape index (κ3) is 3.15. The van der Waals surface area contributed by atoms with Crippen molar-refractivity contribution in [3.63, 3.8) is 0 Å². The van der Waals surface area contributed by atoms with E-state index in [4.69, 9.17) is 0 Å². The molecular weight excluding hydrogens is 302 g/mol. The van der Waals surface area contributed by atoms with Crippen LogP contribution in [0.5, 0.6) is 0 Å². The number of nitrogens with zero attached hydrogens (tertiary/aromatic N) is 1. The molecule has 2 atom stereocenters. The molecule has 2 saturated heterocycles. The van der Waals surface area contributed by atoms with Crippen LogP contribution >= 0.6 is 11.8 Å². The maximum absolute atomic E-state index is 12.8. The van der Waals surface area contributed by atoms with Crippen LogP contribution < -0.4 is 0 Å². The molecule has 0 amide bonds. The van der Waals surface area contributed by atoms with Crippen LogP contribution in [0.2, 0.25) is 0 Å². The minimum Gasteiger partial charge on any atom is -0.212 e. The molecule has 1 aromatic carbocycles. The normalized spacial score (nSPS) is 29.7. The van der Waals surface area contributed by atoms with Gasteiger partial charge in [-0.05, 0) is 44.4 Å². The van der Waals surface area contributed by atoms with Crippen molar-refractivity contribution in [1.29, 1.82) is 0 Å². The first-order valence-electron chi connectivity index (χ1n) is 7.59. The zero-order chi connectivity index (χ0) is 15.0. The zero-order valence-electron chi connectivity index (χ0n) is 12.7. The number of sulfonamides is 1. The number of piperidine rings is 1. The summed E-state index contributed by atoms with van der Waals surface area (Å²) in [6.45, 7) is 2.00. The standard InChI is InChI=1S/C16H23NO2S2/c1-12-4-3-5-13(8-12)11-21(18,19)17-14-6-7-15(17)10-16(9-14)20-2/h3-5,8,14-16H,6-7,9-11H2,1-2H3. The number of hydrogen-bond donors (Lipinski definition) is 0. The Kier molecular flexibility index (Phi) is 4.35. The van der Waals surface area contributed by atoms with E-state index in [9.17, 15) is 8.42 Å². The number of benzene rings is 1. The van der Waals surface area contributed by atoms with Gasteiger partial charge in [-0.25, -0.2) is 8.42 Å². The smallest absolute Gasteiger partial charge is 0.212 e. The van der Waals surface area contributed by atoms with Crippen LogP contribution in [-0.2, 0) is 15.8 Å². The van der Waals surface area contributed by atoms with E-state index in [2.05, 4.69) is 6.26 Å². The van der Waals surface area contributed by atoms with Crippen molar-refractivity contribution >= 4 is 21.8 Å². The Bertz CT molecular complexity index is 600. The van der Waals surface area contributed by atoms with Crippen LogP contribution in [-0.4, -0.2) is 36.3 Å². The predicted molar refractivity (Wildman–Crippen MR) is 89.0 cm³/mol. The van der Waals surface area contributed by atoms with Crippen LogP contribution in [0.25, 0.3) is 0 Å². The van der Waals surface area contributed by atoms with Crippen LogP contribution in [0.15, 0.2) is 24.3 Å². The van der Waals surface area contributed by atoms with Gasteiger partial charge in [0.2, 0.25) is 10.0 Å². The molecule has 0 saturated carbocycles. The lowest BCUT2D eigenvalue weighted by atomic mass is 10.1. The third-order valence-corrected chi connectivity index (χ3v) is 7.70. The molecule has 116 valence electrons. The number of fused-ring (bicyclic) bond motifs is 2. The fourth-order valence-electron chi connectivity index (χ4n) is 3.82. The van der Waals surface area contributed by atoms with Crippen molar-refractivity contribution in [2.24, 2.45) is 0 Å². The highest BCUT2D eigenvalue weighted by Crippen LogP contribution is 2.41. The van der Waals surface area contributed by atoms with Crippen LogP contribution in [0, 0.1) is 6.92 Å². The van der Waals surface area contributed by atoms with Gasteiger partial charge in [-0.2, -0.15) is 16.1 Å². The van der Waals surface area contributed by atoms with Crippen LogP contribution in [0.1, 0.15) is 36.8 Å². The third-order valence-electron chi connectivity index (χ3n) is 4.71. The Balaban J connectivity index is 1.80. The molecule has 21 heavy (non-hydrogen) atoms. The second kappa shape index (κ2) is 5.94. The van der Waals surface area contributed by atoms with Crippen molar-refractivity contribution in [2.45, 2.75) is 55.7 Å². The van der Waals surface area contributed by atoms with Crippen LogP contribution in [0.3, 0.4) is 0 Å². The maximum atomic E-state index is 12.8. The monoisotopic (exact) mass is 325 g/mol. The highest BCUT2D eigenvalue weighted by Gasteiger charge is 2.46. The molecule has 2 bridgehead atoms. The van der Waals surface area contributed by atoms with Gasteiger partial charge < -0.3 is 0 Å². The lowest BCUT2D eigenvalue weighted by Crippen LogP contribution is -2.47. The predicted octanol–water partition coefficient (Wildman–Crippen LogP) is 3.18. The van der Waals surface area contributed by atoms with Crippen LogP contribution in [0.4, 0.5) is 0 Å². The molecule has 3 nitrogen and oxygen atoms in total. The highest BCUT2D eigenvalue weighted by atomic mass is 32.2. The largest absolute Gasteiger partial charge is 0.218 e. The molecule has 2 aliphatic heterocycles. The lowest BCUT2D eigenvalue weighted by molar-refractivity contribution is 0.253. The van der Waals surface area contributed by atoms with Gasteiger partial charge in [-0.15, -0.1) is 0 Å². The first-order valence-corrected chi connectivity index (χ1v) is 10.5. The maximum Gasteiger partial charge on any atom is 0.218 e. The number of thioether (sulfide) groups is 1. The minimum absolute atomic E-state index is 0.144. The topological polar surface area (TPSA) is 37.4 Å². The summed E-state index contributed by atoms with van der Waals surface area (Å²) >= 11 is 1.89. The van der Waals surface area contributed by atoms with E-state index in [1.54, 1.807) is 0 Å². The van der Waals surface area contributed by atoms with E-state index in [0.29, 0.717) is 5.25 Å². The Morgan fingerprint density at radius 1 is 1.24 bits per heavy atom. The summed E-state index contributed by atoms with van der Waals surface area (Å²) < 4.78 is 27.5. The SMILES string of the molecule is CSC1CC2CCC(C1)N2S(=O)(=O)Cc1cccc(C)c1. The molecule has 3 rings (SSSR count). The summed E-state index contributed by atoms with van der Waals surface area (Å²) in [7, 11) is -3.20. The fraction of sp³-hybridized carbons (Fsp3) is 0.625. The number of hydrogen-bond acceptors (Lipinski definition) is 3. The fourth-order valence-corrected chi connectivity index (χ4v) is 6.69. The molecule has 0 aromatic heterocycles. The molecule has 2 aliphatic rings. The van der Waals surface area contributed by atoms with Gasteiger partial charge in [0.15, 0.2) is 0 Å². The van der Waals surface area contributed by atoms with Crippen molar-refractivity contribution in [3.8, 4) is 0 Å². The minimum atomic E-state index is -3.20. The average molecular weight is 325 g/mol. The summed E-state index contributed by atoms with van der Waals surface area (Å²) in [5.74, 6) is 0.144. The summed E-state index contributed by atoms with van der Waals surface area (Å²) in [5.41, 5.74) is 2.02. The van der Waals surface area contributed by atoms with Gasteiger partial charge >= 0.3 is 0 Å². The molecule has 5 heteroatoms. The Morgan fingerprint density at radius 2 is 1.90 bits per heavy atom. The molecule has 0 radical (unpaired) electrons. The molecule has 1 aromatic rings. The highest BCUT2D eigenvalue weighted by molar-refractivity contribution is 7.99. The molecule has 0 N–H and O–H groups in total. The Morgan fingerprint density at radius 3 is 2.48 bits per heavy atom. The molecule has 2 unspecified atom stereocenters. The van der Waals surface area contributed by atoms with E-state index in [1.165, 1.54) is 0 Å². The van der Waals surface area contributed by atoms with E-state index in [-0.39, 0.29) is 17.8 Å². The number of aryl methyl sites for hydroxylation is 1. The summed E-state index contributed by atoms with van der Waals surface area (Å²) in [4.78, 5) is 0. The van der Waals surface area contributed by atoms with E-state index < -0.39 is 10.0 Å². The molecule has 2 heterocycles. The molecule has 0 spiro atoms. The Hall–Kier alpha value is -0.520. The first kappa shape index (κ1) is 15.4. The quantitative estimate of drug-likeness (QED) is 0.853. The van der Waals surface area contributed by atoms with Gasteiger partial charge in [0.05, 0.1) is 5.75 Å². The van der Waals surface area contributed by atoms with E-state index in [1.807, 2.05) is 47.3 Å². The summed E-state index contributed by atoms with van der Waals surface area (Å²) in [5, 5.41) is 0.632. The van der Waals surface area contributed by atoms with Gasteiger partial charge in [-0.3, -0.25) is 0 Å². The Labute approximate surface area is 132 Å². The van der Waals surface area contributed by atoms with E-state index in [0.717, 1.165) is 36.8 Å². The van der Waals surface area contributed by atoms with Crippen molar-refractivity contribution < 1.29 is 8.42 Å². The molecule has 2 fully saturated rings. The lowest BCUT2D eigenvalue weighted by Gasteiger charge is -2.37.